The molecule has 3 aromatic rings. The summed E-state index contributed by atoms with van der Waals surface area (Å²) in [5.74, 6) is 1.70. The van der Waals surface area contributed by atoms with Crippen molar-refractivity contribution in [3.05, 3.63) is 48.4 Å². The van der Waals surface area contributed by atoms with E-state index in [1.165, 1.54) is 18.0 Å². The van der Waals surface area contributed by atoms with Crippen molar-refractivity contribution < 1.29 is 13.9 Å². The molecule has 0 aliphatic carbocycles. The lowest BCUT2D eigenvalue weighted by Gasteiger charge is -2.07. The molecule has 1 aromatic carbocycles. The molecule has 0 bridgehead atoms. The van der Waals surface area contributed by atoms with Crippen molar-refractivity contribution in [3.8, 4) is 5.75 Å². The molecule has 9 nitrogen and oxygen atoms in total. The van der Waals surface area contributed by atoms with E-state index in [9.17, 15) is 4.79 Å². The first kappa shape index (κ1) is 18.5. The van der Waals surface area contributed by atoms with E-state index in [0.29, 0.717) is 34.9 Å². The van der Waals surface area contributed by atoms with Crippen LogP contribution >= 0.6 is 11.8 Å². The molecule has 0 unspecified atom stereocenters. The first-order valence-corrected chi connectivity index (χ1v) is 9.12. The SMILES string of the molecule is CCOc1cccc(NC(=O)CSc2n[nH]c(N/N=C\c3ccco3)n2)c1. The number of hydrogen-bond donors (Lipinski definition) is 3. The minimum Gasteiger partial charge on any atom is -0.494 e. The fourth-order valence-electron chi connectivity index (χ4n) is 2.04. The van der Waals surface area contributed by atoms with Gasteiger partial charge in [-0.3, -0.25) is 4.79 Å². The van der Waals surface area contributed by atoms with Gasteiger partial charge in [0.05, 0.1) is 24.8 Å². The molecule has 0 aliphatic heterocycles. The number of hydrazone groups is 1. The molecule has 27 heavy (non-hydrogen) atoms. The Morgan fingerprint density at radius 1 is 1.41 bits per heavy atom. The Hall–Kier alpha value is -3.27. The minimum absolute atomic E-state index is 0.163. The predicted octanol–water partition coefficient (Wildman–Crippen LogP) is 2.97. The Bertz CT molecular complexity index is 894. The molecule has 0 aliphatic rings. The van der Waals surface area contributed by atoms with E-state index in [4.69, 9.17) is 9.15 Å². The monoisotopic (exact) mass is 386 g/mol. The van der Waals surface area contributed by atoms with Crippen molar-refractivity contribution >= 4 is 35.5 Å². The van der Waals surface area contributed by atoms with Crippen molar-refractivity contribution in [1.82, 2.24) is 15.2 Å². The molecule has 2 heterocycles. The maximum absolute atomic E-state index is 12.1. The van der Waals surface area contributed by atoms with Gasteiger partial charge in [-0.2, -0.15) is 10.1 Å². The number of hydrogen-bond acceptors (Lipinski definition) is 8. The van der Waals surface area contributed by atoms with E-state index < -0.39 is 0 Å². The molecule has 0 saturated heterocycles. The zero-order valence-electron chi connectivity index (χ0n) is 14.5. The lowest BCUT2D eigenvalue weighted by molar-refractivity contribution is -0.113. The summed E-state index contributed by atoms with van der Waals surface area (Å²) in [7, 11) is 0. The third-order valence-corrected chi connectivity index (χ3v) is 3.98. The van der Waals surface area contributed by atoms with Crippen LogP contribution in [0.5, 0.6) is 5.75 Å². The Labute approximate surface area is 159 Å². The van der Waals surface area contributed by atoms with Crippen molar-refractivity contribution in [2.75, 3.05) is 23.1 Å². The second-order valence-corrected chi connectivity index (χ2v) is 6.09. The van der Waals surface area contributed by atoms with Crippen molar-refractivity contribution in [2.24, 2.45) is 5.10 Å². The average Bonchev–Trinajstić information content (AvgIpc) is 3.33. The molecule has 0 fully saturated rings. The van der Waals surface area contributed by atoms with E-state index in [1.807, 2.05) is 19.1 Å². The van der Waals surface area contributed by atoms with Gasteiger partial charge in [-0.25, -0.2) is 10.5 Å². The summed E-state index contributed by atoms with van der Waals surface area (Å²) in [5, 5.41) is 13.9. The molecule has 140 valence electrons. The standard InChI is InChI=1S/C17H18N6O3S/c1-2-25-13-6-3-5-12(9-13)19-15(24)11-27-17-20-16(22-23-17)21-18-10-14-7-4-8-26-14/h3-10H,2,11H2,1H3,(H,19,24)(H2,20,21,22,23)/b18-10-. The number of thioether (sulfide) groups is 1. The number of benzene rings is 1. The highest BCUT2D eigenvalue weighted by atomic mass is 32.2. The smallest absolute Gasteiger partial charge is 0.240 e. The van der Waals surface area contributed by atoms with Crippen LogP contribution in [0.4, 0.5) is 11.6 Å². The van der Waals surface area contributed by atoms with Crippen LogP contribution in [0, 0.1) is 0 Å². The molecule has 10 heteroatoms. The fourth-order valence-corrected chi connectivity index (χ4v) is 2.64. The van der Waals surface area contributed by atoms with Crippen LogP contribution in [0.3, 0.4) is 0 Å². The number of nitrogens with one attached hydrogen (secondary N) is 3. The number of rotatable bonds is 9. The van der Waals surface area contributed by atoms with Crippen molar-refractivity contribution in [2.45, 2.75) is 12.1 Å². The predicted molar refractivity (Wildman–Crippen MR) is 103 cm³/mol. The normalized spacial score (nSPS) is 10.9. The van der Waals surface area contributed by atoms with Gasteiger partial charge < -0.3 is 14.5 Å². The van der Waals surface area contributed by atoms with Crippen LogP contribution in [0.2, 0.25) is 0 Å². The van der Waals surface area contributed by atoms with Crippen molar-refractivity contribution in [3.63, 3.8) is 0 Å². The molecule has 0 radical (unpaired) electrons. The maximum Gasteiger partial charge on any atom is 0.240 e. The minimum atomic E-state index is -0.163. The zero-order chi connectivity index (χ0) is 18.9. The summed E-state index contributed by atoms with van der Waals surface area (Å²) in [4.78, 5) is 16.3. The Kier molecular flexibility index (Phi) is 6.47. The van der Waals surface area contributed by atoms with Crippen LogP contribution < -0.4 is 15.5 Å². The number of H-pyrrole nitrogens is 1. The molecule has 3 N–H and O–H groups in total. The molecule has 0 spiro atoms. The van der Waals surface area contributed by atoms with Gasteiger partial charge >= 0.3 is 0 Å². The Balaban J connectivity index is 1.45. The van der Waals surface area contributed by atoms with E-state index >= 15 is 0 Å². The number of aromatic amines is 1. The van der Waals surface area contributed by atoms with E-state index in [-0.39, 0.29) is 11.7 Å². The summed E-state index contributed by atoms with van der Waals surface area (Å²) in [6.07, 6.45) is 3.07. The Morgan fingerprint density at radius 2 is 2.33 bits per heavy atom. The van der Waals surface area contributed by atoms with Crippen LogP contribution in [-0.4, -0.2) is 39.7 Å². The molecule has 3 rings (SSSR count). The van der Waals surface area contributed by atoms with Gasteiger partial charge in [0, 0.05) is 11.8 Å². The van der Waals surface area contributed by atoms with Gasteiger partial charge in [0.25, 0.3) is 0 Å². The summed E-state index contributed by atoms with van der Waals surface area (Å²) < 4.78 is 10.5. The molecule has 1 amide bonds. The van der Waals surface area contributed by atoms with Crippen LogP contribution in [-0.2, 0) is 4.79 Å². The first-order chi connectivity index (χ1) is 13.2. The summed E-state index contributed by atoms with van der Waals surface area (Å²) in [6.45, 7) is 2.48. The Morgan fingerprint density at radius 3 is 3.15 bits per heavy atom. The van der Waals surface area contributed by atoms with Gasteiger partial charge in [-0.15, -0.1) is 5.10 Å². The molecule has 0 atom stereocenters. The second-order valence-electron chi connectivity index (χ2n) is 5.15. The van der Waals surface area contributed by atoms with Crippen LogP contribution in [0.25, 0.3) is 0 Å². The van der Waals surface area contributed by atoms with E-state index in [1.54, 1.807) is 30.5 Å². The molecular formula is C17H18N6O3S. The van der Waals surface area contributed by atoms with Gasteiger partial charge in [0.2, 0.25) is 17.0 Å². The van der Waals surface area contributed by atoms with Crippen LogP contribution in [0.15, 0.2) is 57.3 Å². The number of anilines is 2. The highest BCUT2D eigenvalue weighted by molar-refractivity contribution is 7.99. The summed E-state index contributed by atoms with van der Waals surface area (Å²) >= 11 is 1.21. The number of carbonyl (C=O) groups is 1. The highest BCUT2D eigenvalue weighted by Gasteiger charge is 2.08. The second kappa shape index (κ2) is 9.43. The van der Waals surface area contributed by atoms with E-state index in [2.05, 4.69) is 31.0 Å². The number of aromatic nitrogens is 3. The van der Waals surface area contributed by atoms with Gasteiger partial charge in [-0.1, -0.05) is 17.8 Å². The maximum atomic E-state index is 12.1. The molecule has 0 saturated carbocycles. The molecular weight excluding hydrogens is 368 g/mol. The lowest BCUT2D eigenvalue weighted by atomic mass is 10.3. The summed E-state index contributed by atoms with van der Waals surface area (Å²) in [5.41, 5.74) is 3.38. The topological polar surface area (TPSA) is 117 Å². The van der Waals surface area contributed by atoms with Gasteiger partial charge in [0.15, 0.2) is 0 Å². The average molecular weight is 386 g/mol. The number of carbonyl (C=O) groups excluding carboxylic acids is 1. The number of ether oxygens (including phenoxy) is 1. The zero-order valence-corrected chi connectivity index (χ0v) is 15.3. The van der Waals surface area contributed by atoms with Crippen molar-refractivity contribution in [1.29, 1.82) is 0 Å². The lowest BCUT2D eigenvalue weighted by Crippen LogP contribution is -2.14. The fraction of sp³-hybridized carbons (Fsp3) is 0.176. The largest absolute Gasteiger partial charge is 0.494 e. The third kappa shape index (κ3) is 5.89. The van der Waals surface area contributed by atoms with Crippen LogP contribution in [0.1, 0.15) is 12.7 Å². The van der Waals surface area contributed by atoms with Gasteiger partial charge in [0.1, 0.15) is 11.5 Å². The summed E-state index contributed by atoms with van der Waals surface area (Å²) in [6, 6.07) is 10.8. The first-order valence-electron chi connectivity index (χ1n) is 8.13. The molecule has 2 aromatic heterocycles. The third-order valence-electron chi connectivity index (χ3n) is 3.13. The van der Waals surface area contributed by atoms with Gasteiger partial charge in [-0.05, 0) is 31.2 Å². The quantitative estimate of drug-likeness (QED) is 0.294. The number of nitrogens with zero attached hydrogens (tertiary/aromatic N) is 3. The highest BCUT2D eigenvalue weighted by Crippen LogP contribution is 2.19. The number of amides is 1. The number of furan rings is 1. The van der Waals surface area contributed by atoms with E-state index in [0.717, 1.165) is 0 Å².